The van der Waals surface area contributed by atoms with E-state index in [0.717, 1.165) is 5.56 Å². The van der Waals surface area contributed by atoms with E-state index in [0.29, 0.717) is 22.9 Å². The molecule has 2 amide bonds. The zero-order valence-corrected chi connectivity index (χ0v) is 18.7. The SMILES string of the molecule is COc1ccccc1/C=C/C(=O)NC(=S)Nc1cccc(NC(=O)COc2ccccc2)c1. The Morgan fingerprint density at radius 2 is 1.61 bits per heavy atom. The van der Waals surface area contributed by atoms with Gasteiger partial charge in [-0.3, -0.25) is 14.9 Å². The standard InChI is InChI=1S/C25H23N3O4S/c1-31-22-13-6-5-8-18(22)14-15-23(29)28-25(33)27-20-10-7-9-19(16-20)26-24(30)17-32-21-11-3-2-4-12-21/h2-16H,17H2,1H3,(H,26,30)(H2,27,28,29,33)/b15-14+. The zero-order valence-electron chi connectivity index (χ0n) is 17.9. The van der Waals surface area contributed by atoms with Crippen molar-refractivity contribution in [2.45, 2.75) is 0 Å². The van der Waals surface area contributed by atoms with Gasteiger partial charge >= 0.3 is 0 Å². The maximum absolute atomic E-state index is 12.2. The van der Waals surface area contributed by atoms with Crippen LogP contribution in [0.25, 0.3) is 6.08 Å². The molecule has 3 N–H and O–H groups in total. The molecule has 0 bridgehead atoms. The van der Waals surface area contributed by atoms with Gasteiger partial charge in [-0.05, 0) is 54.7 Å². The first kappa shape index (κ1) is 23.5. The van der Waals surface area contributed by atoms with E-state index in [1.165, 1.54) is 6.08 Å². The number of benzene rings is 3. The molecule has 7 nitrogen and oxygen atoms in total. The fourth-order valence-electron chi connectivity index (χ4n) is 2.82. The highest BCUT2D eigenvalue weighted by molar-refractivity contribution is 7.80. The molecule has 0 radical (unpaired) electrons. The van der Waals surface area contributed by atoms with Gasteiger partial charge in [-0.2, -0.15) is 0 Å². The Balaban J connectivity index is 1.49. The van der Waals surface area contributed by atoms with Gasteiger partial charge in [0.2, 0.25) is 5.91 Å². The van der Waals surface area contributed by atoms with Gasteiger partial charge in [-0.25, -0.2) is 0 Å². The number of nitrogens with one attached hydrogen (secondary N) is 3. The molecule has 0 spiro atoms. The quantitative estimate of drug-likeness (QED) is 0.344. The van der Waals surface area contributed by atoms with Crippen molar-refractivity contribution in [3.8, 4) is 11.5 Å². The summed E-state index contributed by atoms with van der Waals surface area (Å²) >= 11 is 5.21. The number of amides is 2. The van der Waals surface area contributed by atoms with Crippen LogP contribution in [0.1, 0.15) is 5.56 Å². The smallest absolute Gasteiger partial charge is 0.262 e. The summed E-state index contributed by atoms with van der Waals surface area (Å²) in [6.45, 7) is -0.116. The number of ether oxygens (including phenoxy) is 2. The van der Waals surface area contributed by atoms with E-state index in [1.54, 1.807) is 49.6 Å². The van der Waals surface area contributed by atoms with Crippen LogP contribution in [0, 0.1) is 0 Å². The molecule has 0 fully saturated rings. The molecule has 0 aromatic heterocycles. The van der Waals surface area contributed by atoms with Crippen molar-refractivity contribution in [3.63, 3.8) is 0 Å². The van der Waals surface area contributed by atoms with Crippen LogP contribution in [0.3, 0.4) is 0 Å². The Labute approximate surface area is 197 Å². The van der Waals surface area contributed by atoms with Crippen LogP contribution in [-0.2, 0) is 9.59 Å². The summed E-state index contributed by atoms with van der Waals surface area (Å²) < 4.78 is 10.7. The summed E-state index contributed by atoms with van der Waals surface area (Å²) in [5.74, 6) is 0.591. The monoisotopic (exact) mass is 461 g/mol. The van der Waals surface area contributed by atoms with Crippen molar-refractivity contribution in [3.05, 3.63) is 90.5 Å². The topological polar surface area (TPSA) is 88.7 Å². The molecular formula is C25H23N3O4S. The lowest BCUT2D eigenvalue weighted by Crippen LogP contribution is -2.32. The van der Waals surface area contributed by atoms with E-state index < -0.39 is 0 Å². The second kappa shape index (κ2) is 12.0. The molecular weight excluding hydrogens is 438 g/mol. The first-order valence-corrected chi connectivity index (χ1v) is 10.4. The second-order valence-corrected chi connectivity index (χ2v) is 7.16. The summed E-state index contributed by atoms with van der Waals surface area (Å²) in [6.07, 6.45) is 3.01. The highest BCUT2D eigenvalue weighted by atomic mass is 32.1. The highest BCUT2D eigenvalue weighted by Crippen LogP contribution is 2.18. The molecule has 0 heterocycles. The minimum absolute atomic E-state index is 0.116. The largest absolute Gasteiger partial charge is 0.496 e. The molecule has 0 aliphatic heterocycles. The van der Waals surface area contributed by atoms with Gasteiger partial charge in [0.25, 0.3) is 5.91 Å². The van der Waals surface area contributed by atoms with E-state index in [-0.39, 0.29) is 23.5 Å². The number of rotatable bonds is 8. The van der Waals surface area contributed by atoms with Crippen molar-refractivity contribution in [2.24, 2.45) is 0 Å². The van der Waals surface area contributed by atoms with Gasteiger partial charge in [0.15, 0.2) is 11.7 Å². The number of thiocarbonyl (C=S) groups is 1. The lowest BCUT2D eigenvalue weighted by Gasteiger charge is -2.11. The van der Waals surface area contributed by atoms with Crippen molar-refractivity contribution in [1.82, 2.24) is 5.32 Å². The fourth-order valence-corrected chi connectivity index (χ4v) is 3.04. The summed E-state index contributed by atoms with van der Waals surface area (Å²) in [5, 5.41) is 8.39. The number of methoxy groups -OCH3 is 1. The fraction of sp³-hybridized carbons (Fsp3) is 0.0800. The van der Waals surface area contributed by atoms with Gasteiger partial charge in [-0.1, -0.05) is 42.5 Å². The number of anilines is 2. The van der Waals surface area contributed by atoms with Crippen LogP contribution >= 0.6 is 12.2 Å². The average molecular weight is 462 g/mol. The minimum atomic E-state index is -0.388. The predicted octanol–water partition coefficient (Wildman–Crippen LogP) is 4.24. The predicted molar refractivity (Wildman–Crippen MR) is 133 cm³/mol. The Hall–Kier alpha value is -4.17. The van der Waals surface area contributed by atoms with Crippen LogP contribution in [0.2, 0.25) is 0 Å². The molecule has 0 unspecified atom stereocenters. The summed E-state index contributed by atoms with van der Waals surface area (Å²) in [7, 11) is 1.57. The molecule has 0 aliphatic carbocycles. The Morgan fingerprint density at radius 1 is 0.909 bits per heavy atom. The number of carbonyl (C=O) groups is 2. The van der Waals surface area contributed by atoms with E-state index in [9.17, 15) is 9.59 Å². The number of carbonyl (C=O) groups excluding carboxylic acids is 2. The van der Waals surface area contributed by atoms with Gasteiger partial charge in [0.1, 0.15) is 11.5 Å². The van der Waals surface area contributed by atoms with Crippen molar-refractivity contribution >= 4 is 46.6 Å². The number of hydrogen-bond acceptors (Lipinski definition) is 5. The Morgan fingerprint density at radius 3 is 2.36 bits per heavy atom. The highest BCUT2D eigenvalue weighted by Gasteiger charge is 2.06. The second-order valence-electron chi connectivity index (χ2n) is 6.75. The van der Waals surface area contributed by atoms with Crippen molar-refractivity contribution < 1.29 is 19.1 Å². The zero-order chi connectivity index (χ0) is 23.5. The van der Waals surface area contributed by atoms with Crippen LogP contribution in [0.4, 0.5) is 11.4 Å². The van der Waals surface area contributed by atoms with Crippen LogP contribution in [-0.4, -0.2) is 30.6 Å². The summed E-state index contributed by atoms with van der Waals surface area (Å²) in [4.78, 5) is 24.3. The number of para-hydroxylation sites is 2. The van der Waals surface area contributed by atoms with Gasteiger partial charge in [0.05, 0.1) is 7.11 Å². The minimum Gasteiger partial charge on any atom is -0.496 e. The first-order chi connectivity index (χ1) is 16.0. The molecule has 8 heteroatoms. The van der Waals surface area contributed by atoms with E-state index >= 15 is 0 Å². The first-order valence-electron chi connectivity index (χ1n) is 10.0. The molecule has 3 rings (SSSR count). The van der Waals surface area contributed by atoms with Gasteiger partial charge in [-0.15, -0.1) is 0 Å². The molecule has 0 atom stereocenters. The normalized spacial score (nSPS) is 10.3. The third-order valence-electron chi connectivity index (χ3n) is 4.31. The molecule has 3 aromatic rings. The van der Waals surface area contributed by atoms with Crippen LogP contribution < -0.4 is 25.4 Å². The lowest BCUT2D eigenvalue weighted by molar-refractivity contribution is -0.118. The molecule has 168 valence electrons. The molecule has 33 heavy (non-hydrogen) atoms. The average Bonchev–Trinajstić information content (AvgIpc) is 2.82. The number of hydrogen-bond donors (Lipinski definition) is 3. The third-order valence-corrected chi connectivity index (χ3v) is 4.51. The Kier molecular flexibility index (Phi) is 8.55. The lowest BCUT2D eigenvalue weighted by atomic mass is 10.2. The van der Waals surface area contributed by atoms with E-state index in [4.69, 9.17) is 21.7 Å². The maximum Gasteiger partial charge on any atom is 0.262 e. The summed E-state index contributed by atoms with van der Waals surface area (Å²) in [6, 6.07) is 23.4. The Bertz CT molecular complexity index is 1150. The third kappa shape index (κ3) is 7.79. The van der Waals surface area contributed by atoms with Crippen molar-refractivity contribution in [1.29, 1.82) is 0 Å². The van der Waals surface area contributed by atoms with Crippen LogP contribution in [0.15, 0.2) is 84.9 Å². The molecule has 3 aromatic carbocycles. The molecule has 0 saturated heterocycles. The maximum atomic E-state index is 12.2. The van der Waals surface area contributed by atoms with Gasteiger partial charge < -0.3 is 20.1 Å². The van der Waals surface area contributed by atoms with E-state index in [1.807, 2.05) is 42.5 Å². The summed E-state index contributed by atoms with van der Waals surface area (Å²) in [5.41, 5.74) is 1.94. The van der Waals surface area contributed by atoms with Gasteiger partial charge in [0, 0.05) is 23.0 Å². The molecule has 0 saturated carbocycles. The van der Waals surface area contributed by atoms with Crippen molar-refractivity contribution in [2.75, 3.05) is 24.4 Å². The van der Waals surface area contributed by atoms with Crippen LogP contribution in [0.5, 0.6) is 11.5 Å². The molecule has 0 aliphatic rings. The van der Waals surface area contributed by atoms with E-state index in [2.05, 4.69) is 16.0 Å².